The molecule has 4 rings (SSSR count). The summed E-state index contributed by atoms with van der Waals surface area (Å²) < 4.78 is 14.5. The molecule has 1 aliphatic carbocycles. The molecule has 196 valence electrons. The van der Waals surface area contributed by atoms with Gasteiger partial charge in [0.25, 0.3) is 0 Å². The number of piperidine rings is 1. The van der Waals surface area contributed by atoms with Crippen LogP contribution in [0.5, 0.6) is 0 Å². The highest BCUT2D eigenvalue weighted by Crippen LogP contribution is 2.62. The Morgan fingerprint density at radius 2 is 2.23 bits per heavy atom. The molecular formula is C25H41ClFN7O. The molecule has 8 nitrogen and oxygen atoms in total. The lowest BCUT2D eigenvalue weighted by Gasteiger charge is -2.42. The molecule has 0 spiro atoms. The first kappa shape index (κ1) is 26.6. The fraction of sp³-hybridized carbons (Fsp3) is 0.840. The monoisotopic (exact) mass is 509 g/mol. The number of hydrogen-bond acceptors (Lipinski definition) is 7. The minimum atomic E-state index is -0.889. The van der Waals surface area contributed by atoms with Gasteiger partial charge in [0.15, 0.2) is 0 Å². The number of rotatable bonds is 8. The fourth-order valence-electron chi connectivity index (χ4n) is 6.68. The number of nitrogens with two attached hydrogens (primary N) is 2. The molecule has 7 N–H and O–H groups in total. The molecule has 0 radical (unpaired) electrons. The topological polar surface area (TPSA) is 132 Å². The second-order valence-corrected chi connectivity index (χ2v) is 11.7. The SMILES string of the molecule is CCCCC12CC(C(C(=O)NC3CNCC(Cl)C3N3CC[C@@H](C#N)C3)C(N)N)N/C=C(/F)C[C@H]1C2. The van der Waals surface area contributed by atoms with Crippen molar-refractivity contribution in [3.05, 3.63) is 12.0 Å². The summed E-state index contributed by atoms with van der Waals surface area (Å²) in [6.07, 6.45) is 6.74. The van der Waals surface area contributed by atoms with Crippen molar-refractivity contribution < 1.29 is 9.18 Å². The van der Waals surface area contributed by atoms with Crippen molar-refractivity contribution in [2.45, 2.75) is 81.5 Å². The van der Waals surface area contributed by atoms with Crippen LogP contribution in [0.25, 0.3) is 0 Å². The normalized spacial score (nSPS) is 39.9. The van der Waals surface area contributed by atoms with E-state index in [-0.39, 0.29) is 46.6 Å². The lowest BCUT2D eigenvalue weighted by molar-refractivity contribution is -0.128. The number of alkyl halides is 1. The maximum atomic E-state index is 14.5. The average molecular weight is 510 g/mol. The van der Waals surface area contributed by atoms with Gasteiger partial charge < -0.3 is 27.4 Å². The highest BCUT2D eigenvalue weighted by Gasteiger charge is 2.56. The Balaban J connectivity index is 1.50. The van der Waals surface area contributed by atoms with Crippen molar-refractivity contribution in [1.82, 2.24) is 20.9 Å². The number of fused-ring (bicyclic) bond motifs is 1. The molecule has 1 saturated carbocycles. The summed E-state index contributed by atoms with van der Waals surface area (Å²) in [5, 5.41) is 18.8. The first-order valence-electron chi connectivity index (χ1n) is 13.2. The maximum absolute atomic E-state index is 14.5. The smallest absolute Gasteiger partial charge is 0.228 e. The summed E-state index contributed by atoms with van der Waals surface area (Å²) in [7, 11) is 0. The number of unbranched alkanes of at least 4 members (excludes halogenated alkanes) is 1. The second kappa shape index (κ2) is 11.3. The van der Waals surface area contributed by atoms with Crippen molar-refractivity contribution in [2.75, 3.05) is 26.2 Å². The van der Waals surface area contributed by atoms with Crippen LogP contribution >= 0.6 is 11.6 Å². The molecule has 10 heteroatoms. The van der Waals surface area contributed by atoms with Gasteiger partial charge in [-0.2, -0.15) is 5.26 Å². The molecule has 8 atom stereocenters. The van der Waals surface area contributed by atoms with E-state index in [1.165, 1.54) is 6.20 Å². The molecular weight excluding hydrogens is 469 g/mol. The number of nitriles is 1. The fourth-order valence-corrected chi connectivity index (χ4v) is 7.13. The van der Waals surface area contributed by atoms with Crippen LogP contribution in [0.4, 0.5) is 4.39 Å². The Morgan fingerprint density at radius 3 is 2.91 bits per heavy atom. The number of allylic oxidation sites excluding steroid dienone is 1. The predicted octanol–water partition coefficient (Wildman–Crippen LogP) is 1.51. The number of carbonyl (C=O) groups excluding carboxylic acids is 1. The highest BCUT2D eigenvalue weighted by molar-refractivity contribution is 6.21. The van der Waals surface area contributed by atoms with E-state index in [1.807, 2.05) is 0 Å². The van der Waals surface area contributed by atoms with E-state index < -0.39 is 12.1 Å². The van der Waals surface area contributed by atoms with E-state index in [2.05, 4.69) is 33.8 Å². The van der Waals surface area contributed by atoms with E-state index >= 15 is 0 Å². The summed E-state index contributed by atoms with van der Waals surface area (Å²) in [5.74, 6) is -0.806. The van der Waals surface area contributed by atoms with Gasteiger partial charge in [-0.15, -0.1) is 11.6 Å². The highest BCUT2D eigenvalue weighted by atomic mass is 35.5. The van der Waals surface area contributed by atoms with Gasteiger partial charge >= 0.3 is 0 Å². The standard InChI is InChI=1S/C25H41ClFN7O/c1-2-3-5-25-8-16(25)7-17(27)11-32-19(9-25)21(23(29)30)24(35)33-20-13-31-12-18(26)22(20)34-6-4-15(10-28)14-34/h11,15-16,18-23,31-32H,2-9,12-14,29-30H2,1H3,(H,33,35)/b17-11+/t15-,16-,18?,19?,20?,21?,22?,25?/m0/s1. The zero-order chi connectivity index (χ0) is 25.2. The van der Waals surface area contributed by atoms with E-state index in [0.717, 1.165) is 45.1 Å². The van der Waals surface area contributed by atoms with Gasteiger partial charge in [-0.3, -0.25) is 9.69 Å². The molecule has 6 unspecified atom stereocenters. The Kier molecular flexibility index (Phi) is 8.60. The first-order chi connectivity index (χ1) is 16.8. The van der Waals surface area contributed by atoms with Crippen LogP contribution in [0.1, 0.15) is 51.9 Å². The van der Waals surface area contributed by atoms with E-state index in [4.69, 9.17) is 23.1 Å². The van der Waals surface area contributed by atoms with Gasteiger partial charge in [0.2, 0.25) is 5.91 Å². The van der Waals surface area contributed by atoms with Crippen LogP contribution in [-0.2, 0) is 4.79 Å². The van der Waals surface area contributed by atoms with Crippen LogP contribution < -0.4 is 27.4 Å². The zero-order valence-electron chi connectivity index (χ0n) is 20.7. The maximum Gasteiger partial charge on any atom is 0.228 e. The van der Waals surface area contributed by atoms with Crippen LogP contribution in [0.2, 0.25) is 0 Å². The summed E-state index contributed by atoms with van der Waals surface area (Å²) in [6.45, 7) is 4.83. The van der Waals surface area contributed by atoms with Crippen molar-refractivity contribution in [2.24, 2.45) is 34.6 Å². The summed E-state index contributed by atoms with van der Waals surface area (Å²) >= 11 is 6.72. The quantitative estimate of drug-likeness (QED) is 0.247. The van der Waals surface area contributed by atoms with Crippen molar-refractivity contribution >= 4 is 17.5 Å². The lowest BCUT2D eigenvalue weighted by Crippen LogP contribution is -2.66. The van der Waals surface area contributed by atoms with Gasteiger partial charge in [0.1, 0.15) is 5.83 Å². The third-order valence-electron chi connectivity index (χ3n) is 8.70. The van der Waals surface area contributed by atoms with E-state index in [1.54, 1.807) is 0 Å². The average Bonchev–Trinajstić information content (AvgIpc) is 3.23. The van der Waals surface area contributed by atoms with Crippen LogP contribution in [0.3, 0.4) is 0 Å². The third kappa shape index (κ3) is 5.94. The third-order valence-corrected chi connectivity index (χ3v) is 9.11. The van der Waals surface area contributed by atoms with Gasteiger partial charge in [-0.05, 0) is 43.6 Å². The Morgan fingerprint density at radius 1 is 1.43 bits per heavy atom. The molecule has 0 aromatic rings. The number of likely N-dealkylation sites (tertiary alicyclic amines) is 1. The molecule has 1 amide bonds. The Bertz CT molecular complexity index is 835. The van der Waals surface area contributed by atoms with Crippen LogP contribution in [-0.4, -0.2) is 66.7 Å². The molecule has 4 aliphatic rings. The minimum Gasteiger partial charge on any atom is -0.385 e. The van der Waals surface area contributed by atoms with E-state index in [0.29, 0.717) is 32.0 Å². The van der Waals surface area contributed by atoms with Crippen LogP contribution in [0, 0.1) is 34.5 Å². The van der Waals surface area contributed by atoms with Gasteiger partial charge in [0.05, 0.1) is 35.5 Å². The molecule has 3 fully saturated rings. The number of nitrogens with one attached hydrogen (secondary N) is 3. The number of halogens is 2. The predicted molar refractivity (Wildman–Crippen MR) is 135 cm³/mol. The molecule has 0 bridgehead atoms. The summed E-state index contributed by atoms with van der Waals surface area (Å²) in [5.41, 5.74) is 12.4. The van der Waals surface area contributed by atoms with Crippen molar-refractivity contribution in [1.29, 1.82) is 5.26 Å². The van der Waals surface area contributed by atoms with Crippen molar-refractivity contribution in [3.63, 3.8) is 0 Å². The molecule has 0 aromatic carbocycles. The largest absolute Gasteiger partial charge is 0.385 e. The number of nitrogens with zero attached hydrogens (tertiary/aromatic N) is 2. The lowest BCUT2D eigenvalue weighted by atomic mass is 9.81. The summed E-state index contributed by atoms with van der Waals surface area (Å²) in [4.78, 5) is 15.9. The Hall–Kier alpha value is -1.44. The molecule has 0 aromatic heterocycles. The van der Waals surface area contributed by atoms with Crippen molar-refractivity contribution in [3.8, 4) is 6.07 Å². The Labute approximate surface area is 213 Å². The first-order valence-corrected chi connectivity index (χ1v) is 13.6. The van der Waals surface area contributed by atoms with E-state index in [9.17, 15) is 14.4 Å². The summed E-state index contributed by atoms with van der Waals surface area (Å²) in [6, 6.07) is 1.69. The number of hydrogen-bond donors (Lipinski definition) is 5. The zero-order valence-corrected chi connectivity index (χ0v) is 21.4. The van der Waals surface area contributed by atoms with Gasteiger partial charge in [-0.1, -0.05) is 19.8 Å². The molecule has 2 saturated heterocycles. The number of carbonyl (C=O) groups is 1. The van der Waals surface area contributed by atoms with Gasteiger partial charge in [0, 0.05) is 44.3 Å². The second-order valence-electron chi connectivity index (χ2n) is 11.1. The molecule has 3 aliphatic heterocycles. The molecule has 35 heavy (non-hydrogen) atoms. The molecule has 3 heterocycles. The van der Waals surface area contributed by atoms with Gasteiger partial charge in [-0.25, -0.2) is 4.39 Å². The van der Waals surface area contributed by atoms with Crippen LogP contribution in [0.15, 0.2) is 12.0 Å². The minimum absolute atomic E-state index is 0.0121. The number of amides is 1.